The van der Waals surface area contributed by atoms with E-state index in [0.29, 0.717) is 5.02 Å². The Bertz CT molecular complexity index is 1160. The van der Waals surface area contributed by atoms with Crippen LogP contribution in [-0.2, 0) is 16.9 Å². The zero-order chi connectivity index (χ0) is 22.2. The van der Waals surface area contributed by atoms with E-state index in [0.717, 1.165) is 17.5 Å². The van der Waals surface area contributed by atoms with E-state index in [9.17, 15) is 9.18 Å². The van der Waals surface area contributed by atoms with Gasteiger partial charge in [0, 0.05) is 16.6 Å². The van der Waals surface area contributed by atoms with E-state index in [1.165, 1.54) is 23.0 Å². The molecule has 1 saturated heterocycles. The second-order valence-corrected chi connectivity index (χ2v) is 8.39. The van der Waals surface area contributed by atoms with Crippen LogP contribution in [0.1, 0.15) is 37.5 Å². The summed E-state index contributed by atoms with van der Waals surface area (Å²) in [6.07, 6.45) is 1.84. The summed E-state index contributed by atoms with van der Waals surface area (Å²) in [5, 5.41) is 7.77. The minimum Gasteiger partial charge on any atom is -0.354 e. The van der Waals surface area contributed by atoms with Crippen molar-refractivity contribution in [2.45, 2.75) is 44.6 Å². The average molecular weight is 461 g/mol. The lowest BCUT2D eigenvalue weighted by Crippen LogP contribution is -2.35. The fraction of sp³-hybridized carbons (Fsp3) is 0.318. The molecule has 1 aliphatic heterocycles. The molecule has 2 heterocycles. The molecule has 3 atom stereocenters. The molecule has 162 valence electrons. The summed E-state index contributed by atoms with van der Waals surface area (Å²) in [5.41, 5.74) is 0.775. The topological polar surface area (TPSA) is 64.4 Å². The third-order valence-corrected chi connectivity index (χ3v) is 6.29. The number of carbonyl (C=O) groups is 1. The van der Waals surface area contributed by atoms with Crippen molar-refractivity contribution in [3.05, 3.63) is 81.6 Å². The number of hydrogen-bond acceptors (Lipinski definition) is 4. The maximum absolute atomic E-state index is 13.6. The summed E-state index contributed by atoms with van der Waals surface area (Å²) in [6, 6.07) is 13.3. The van der Waals surface area contributed by atoms with Gasteiger partial charge in [0.2, 0.25) is 4.77 Å². The molecule has 1 N–H and O–H groups in total. The van der Waals surface area contributed by atoms with Gasteiger partial charge in [-0.25, -0.2) is 18.4 Å². The SMILES string of the molecule is CCC(C)NC(=O)n1cnn(CC2(c3ccc(F)cc3)OC2c2ccccc2Cl)c1=S. The van der Waals surface area contributed by atoms with Gasteiger partial charge in [-0.05, 0) is 49.3 Å². The average Bonchev–Trinajstić information content (AvgIpc) is 3.36. The molecule has 0 saturated carbocycles. The van der Waals surface area contributed by atoms with Crippen LogP contribution in [0.4, 0.5) is 9.18 Å². The van der Waals surface area contributed by atoms with Crippen LogP contribution in [0.5, 0.6) is 0 Å². The largest absolute Gasteiger partial charge is 0.354 e. The van der Waals surface area contributed by atoms with Crippen molar-refractivity contribution in [2.24, 2.45) is 0 Å². The van der Waals surface area contributed by atoms with E-state index in [-0.39, 0.29) is 35.3 Å². The Kier molecular flexibility index (Phi) is 5.96. The molecule has 6 nitrogen and oxygen atoms in total. The maximum atomic E-state index is 13.6. The van der Waals surface area contributed by atoms with Crippen molar-refractivity contribution in [1.29, 1.82) is 0 Å². The third kappa shape index (κ3) is 4.15. The first-order chi connectivity index (χ1) is 14.9. The van der Waals surface area contributed by atoms with Gasteiger partial charge in [-0.2, -0.15) is 5.10 Å². The van der Waals surface area contributed by atoms with Gasteiger partial charge in [-0.15, -0.1) is 0 Å². The summed E-state index contributed by atoms with van der Waals surface area (Å²) in [6.45, 7) is 4.15. The van der Waals surface area contributed by atoms with Gasteiger partial charge in [0.25, 0.3) is 0 Å². The quantitative estimate of drug-likeness (QED) is 0.404. The van der Waals surface area contributed by atoms with Crippen LogP contribution in [0.2, 0.25) is 5.02 Å². The lowest BCUT2D eigenvalue weighted by Gasteiger charge is -2.15. The number of halogens is 2. The van der Waals surface area contributed by atoms with Gasteiger partial charge < -0.3 is 10.1 Å². The van der Waals surface area contributed by atoms with Crippen molar-refractivity contribution in [2.75, 3.05) is 0 Å². The molecule has 31 heavy (non-hydrogen) atoms. The Morgan fingerprint density at radius 1 is 1.32 bits per heavy atom. The lowest BCUT2D eigenvalue weighted by molar-refractivity contribution is 0.237. The molecule has 0 radical (unpaired) electrons. The monoisotopic (exact) mass is 460 g/mol. The molecule has 0 aliphatic carbocycles. The molecule has 1 aliphatic rings. The molecule has 2 aromatic carbocycles. The van der Waals surface area contributed by atoms with Crippen molar-refractivity contribution in [1.82, 2.24) is 19.7 Å². The first-order valence-corrected chi connectivity index (χ1v) is 10.8. The Morgan fingerprint density at radius 3 is 2.71 bits per heavy atom. The molecule has 3 unspecified atom stereocenters. The van der Waals surface area contributed by atoms with E-state index in [1.807, 2.05) is 32.0 Å². The third-order valence-electron chi connectivity index (χ3n) is 5.53. The summed E-state index contributed by atoms with van der Waals surface area (Å²) in [5.74, 6) is -0.337. The molecule has 3 aromatic rings. The minimum absolute atomic E-state index is 0.0136. The lowest BCUT2D eigenvalue weighted by atomic mass is 9.91. The van der Waals surface area contributed by atoms with Crippen molar-refractivity contribution >= 4 is 29.8 Å². The van der Waals surface area contributed by atoms with Crippen molar-refractivity contribution in [3.8, 4) is 0 Å². The summed E-state index contributed by atoms with van der Waals surface area (Å²) in [7, 11) is 0. The predicted molar refractivity (Wildman–Crippen MR) is 118 cm³/mol. The minimum atomic E-state index is -0.830. The van der Waals surface area contributed by atoms with Crippen LogP contribution in [-0.4, -0.2) is 26.4 Å². The van der Waals surface area contributed by atoms with Crippen LogP contribution >= 0.6 is 23.8 Å². The van der Waals surface area contributed by atoms with Gasteiger partial charge in [-0.1, -0.05) is 48.9 Å². The molecular weight excluding hydrogens is 439 g/mol. The van der Waals surface area contributed by atoms with Gasteiger partial charge in [-0.3, -0.25) is 0 Å². The highest BCUT2D eigenvalue weighted by Gasteiger charge is 2.59. The first-order valence-electron chi connectivity index (χ1n) is 9.99. The van der Waals surface area contributed by atoms with E-state index in [4.69, 9.17) is 28.6 Å². The van der Waals surface area contributed by atoms with E-state index in [1.54, 1.807) is 22.9 Å². The molecule has 1 amide bonds. The van der Waals surface area contributed by atoms with Crippen LogP contribution in [0.15, 0.2) is 54.9 Å². The number of epoxide rings is 1. The van der Waals surface area contributed by atoms with Crippen LogP contribution < -0.4 is 5.32 Å². The smallest absolute Gasteiger partial charge is 0.329 e. The molecule has 0 spiro atoms. The van der Waals surface area contributed by atoms with Gasteiger partial charge in [0.15, 0.2) is 0 Å². The standard InChI is InChI=1S/C22H22ClFN4O2S/c1-3-14(2)26-20(29)27-13-25-28(21(27)31)12-22(15-8-10-16(24)11-9-15)19(30-22)17-6-4-5-7-18(17)23/h4-11,13-14,19H,3,12H2,1-2H3,(H,26,29). The van der Waals surface area contributed by atoms with E-state index < -0.39 is 5.60 Å². The van der Waals surface area contributed by atoms with Crippen LogP contribution in [0.3, 0.4) is 0 Å². The predicted octanol–water partition coefficient (Wildman–Crippen LogP) is 5.23. The number of nitrogens with zero attached hydrogens (tertiary/aromatic N) is 3. The number of benzene rings is 2. The summed E-state index contributed by atoms with van der Waals surface area (Å²) < 4.78 is 22.8. The number of hydrogen-bond donors (Lipinski definition) is 1. The highest BCUT2D eigenvalue weighted by atomic mass is 35.5. The van der Waals surface area contributed by atoms with Gasteiger partial charge in [0.1, 0.15) is 23.8 Å². The fourth-order valence-electron chi connectivity index (χ4n) is 3.53. The zero-order valence-corrected chi connectivity index (χ0v) is 18.7. The highest BCUT2D eigenvalue weighted by molar-refractivity contribution is 7.71. The number of rotatable bonds is 6. The second-order valence-electron chi connectivity index (χ2n) is 7.62. The van der Waals surface area contributed by atoms with Gasteiger partial charge >= 0.3 is 6.03 Å². The number of aromatic nitrogens is 3. The van der Waals surface area contributed by atoms with Crippen LogP contribution in [0.25, 0.3) is 0 Å². The number of carbonyl (C=O) groups excluding carboxylic acids is 1. The molecule has 0 bridgehead atoms. The fourth-order valence-corrected chi connectivity index (χ4v) is 4.01. The van der Waals surface area contributed by atoms with Gasteiger partial charge in [0.05, 0.1) is 6.54 Å². The second kappa shape index (κ2) is 8.53. The normalized spacial score (nSPS) is 21.0. The Morgan fingerprint density at radius 2 is 2.03 bits per heavy atom. The zero-order valence-electron chi connectivity index (χ0n) is 17.1. The maximum Gasteiger partial charge on any atom is 0.329 e. The Balaban J connectivity index is 1.68. The van der Waals surface area contributed by atoms with Crippen molar-refractivity contribution < 1.29 is 13.9 Å². The summed E-state index contributed by atoms with van der Waals surface area (Å²) in [4.78, 5) is 12.5. The molecular formula is C22H22ClFN4O2S. The first kappa shape index (κ1) is 21.7. The van der Waals surface area contributed by atoms with E-state index in [2.05, 4.69) is 10.4 Å². The number of nitrogens with one attached hydrogen (secondary N) is 1. The van der Waals surface area contributed by atoms with Crippen LogP contribution in [0, 0.1) is 10.6 Å². The summed E-state index contributed by atoms with van der Waals surface area (Å²) >= 11 is 11.9. The number of amides is 1. The number of ether oxygens (including phenoxy) is 1. The highest BCUT2D eigenvalue weighted by Crippen LogP contribution is 2.59. The Labute approximate surface area is 189 Å². The van der Waals surface area contributed by atoms with E-state index >= 15 is 0 Å². The van der Waals surface area contributed by atoms with Crippen molar-refractivity contribution in [3.63, 3.8) is 0 Å². The molecule has 9 heteroatoms. The molecule has 1 aromatic heterocycles. The Hall–Kier alpha value is -2.55. The molecule has 1 fully saturated rings. The molecule has 4 rings (SSSR count).